The summed E-state index contributed by atoms with van der Waals surface area (Å²) in [6.45, 7) is 3.91. The maximum absolute atomic E-state index is 11.2. The standard InChI is InChI=1S/C14H15N5O2S/c1-8-7-16-13-12(8)9(2)17-14(19-13)18-10-3-5-11(6-4-10)22(15,20)21/h3-7H,1-2H3,(H2,15,20,21)(H2,16,17,18,19). The lowest BCUT2D eigenvalue weighted by Gasteiger charge is -2.07. The number of aryl methyl sites for hydroxylation is 2. The highest BCUT2D eigenvalue weighted by atomic mass is 32.2. The summed E-state index contributed by atoms with van der Waals surface area (Å²) < 4.78 is 22.4. The number of rotatable bonds is 3. The number of anilines is 2. The highest BCUT2D eigenvalue weighted by Gasteiger charge is 2.10. The molecule has 114 valence electrons. The van der Waals surface area contributed by atoms with Gasteiger partial charge in [-0.1, -0.05) is 0 Å². The Morgan fingerprint density at radius 2 is 1.82 bits per heavy atom. The van der Waals surface area contributed by atoms with Crippen LogP contribution in [0, 0.1) is 13.8 Å². The summed E-state index contributed by atoms with van der Waals surface area (Å²) >= 11 is 0. The van der Waals surface area contributed by atoms with Gasteiger partial charge in [-0.3, -0.25) is 0 Å². The number of aromatic amines is 1. The van der Waals surface area contributed by atoms with Gasteiger partial charge in [0, 0.05) is 17.3 Å². The van der Waals surface area contributed by atoms with Gasteiger partial charge in [-0.15, -0.1) is 0 Å². The highest BCUT2D eigenvalue weighted by molar-refractivity contribution is 7.89. The quantitative estimate of drug-likeness (QED) is 0.683. The van der Waals surface area contributed by atoms with Gasteiger partial charge in [-0.25, -0.2) is 18.5 Å². The van der Waals surface area contributed by atoms with Crippen LogP contribution in [0.15, 0.2) is 35.4 Å². The van der Waals surface area contributed by atoms with Crippen LogP contribution in [0.1, 0.15) is 11.3 Å². The lowest BCUT2D eigenvalue weighted by atomic mass is 10.2. The summed E-state index contributed by atoms with van der Waals surface area (Å²) in [6, 6.07) is 6.09. The molecule has 0 bridgehead atoms. The Morgan fingerprint density at radius 1 is 1.14 bits per heavy atom. The van der Waals surface area contributed by atoms with Gasteiger partial charge in [-0.2, -0.15) is 4.98 Å². The van der Waals surface area contributed by atoms with Gasteiger partial charge in [0.2, 0.25) is 16.0 Å². The molecule has 0 spiro atoms. The minimum absolute atomic E-state index is 0.0607. The largest absolute Gasteiger partial charge is 0.346 e. The third kappa shape index (κ3) is 2.66. The molecule has 3 rings (SSSR count). The maximum atomic E-state index is 11.2. The Bertz CT molecular complexity index is 945. The molecule has 4 N–H and O–H groups in total. The predicted octanol–water partition coefficient (Wildman–Crippen LogP) is 1.97. The minimum Gasteiger partial charge on any atom is -0.346 e. The normalized spacial score (nSPS) is 11.8. The first-order valence-electron chi connectivity index (χ1n) is 6.57. The number of nitrogens with two attached hydrogens (primary N) is 1. The van der Waals surface area contributed by atoms with Gasteiger partial charge in [0.15, 0.2) is 0 Å². The summed E-state index contributed by atoms with van der Waals surface area (Å²) in [5.74, 6) is 0.440. The van der Waals surface area contributed by atoms with E-state index in [1.807, 2.05) is 20.0 Å². The molecule has 8 heteroatoms. The number of H-pyrrole nitrogens is 1. The topological polar surface area (TPSA) is 114 Å². The molecule has 0 saturated carbocycles. The molecule has 0 amide bonds. The van der Waals surface area contributed by atoms with Crippen LogP contribution >= 0.6 is 0 Å². The van der Waals surface area contributed by atoms with Gasteiger partial charge < -0.3 is 10.3 Å². The zero-order valence-electron chi connectivity index (χ0n) is 12.1. The lowest BCUT2D eigenvalue weighted by Crippen LogP contribution is -2.11. The van der Waals surface area contributed by atoms with Gasteiger partial charge >= 0.3 is 0 Å². The van der Waals surface area contributed by atoms with E-state index in [4.69, 9.17) is 5.14 Å². The summed E-state index contributed by atoms with van der Waals surface area (Å²) in [4.78, 5) is 12.0. The number of nitrogens with one attached hydrogen (secondary N) is 2. The maximum Gasteiger partial charge on any atom is 0.238 e. The third-order valence-corrected chi connectivity index (χ3v) is 4.28. The number of aromatic nitrogens is 3. The number of hydrogen-bond donors (Lipinski definition) is 3. The molecule has 0 unspecified atom stereocenters. The van der Waals surface area contributed by atoms with E-state index in [-0.39, 0.29) is 4.90 Å². The van der Waals surface area contributed by atoms with Gasteiger partial charge in [0.05, 0.1) is 10.6 Å². The summed E-state index contributed by atoms with van der Waals surface area (Å²) in [7, 11) is -3.69. The fourth-order valence-corrected chi connectivity index (χ4v) is 2.83. The van der Waals surface area contributed by atoms with E-state index in [1.54, 1.807) is 12.1 Å². The fraction of sp³-hybridized carbons (Fsp3) is 0.143. The minimum atomic E-state index is -3.69. The fourth-order valence-electron chi connectivity index (χ4n) is 2.31. The van der Waals surface area contributed by atoms with E-state index in [9.17, 15) is 8.42 Å². The first-order chi connectivity index (χ1) is 10.3. The number of sulfonamides is 1. The number of fused-ring (bicyclic) bond motifs is 1. The van der Waals surface area contributed by atoms with Crippen molar-refractivity contribution in [1.82, 2.24) is 15.0 Å². The van der Waals surface area contributed by atoms with Gasteiger partial charge in [0.25, 0.3) is 0 Å². The van der Waals surface area contributed by atoms with Crippen molar-refractivity contribution < 1.29 is 8.42 Å². The van der Waals surface area contributed by atoms with Crippen LogP contribution in [0.4, 0.5) is 11.6 Å². The predicted molar refractivity (Wildman–Crippen MR) is 84.5 cm³/mol. The molecular formula is C14H15N5O2S. The second kappa shape index (κ2) is 5.08. The molecule has 22 heavy (non-hydrogen) atoms. The molecule has 0 atom stereocenters. The van der Waals surface area contributed by atoms with E-state index < -0.39 is 10.0 Å². The van der Waals surface area contributed by atoms with E-state index >= 15 is 0 Å². The van der Waals surface area contributed by atoms with Crippen molar-refractivity contribution in [3.8, 4) is 0 Å². The molecule has 0 aliphatic carbocycles. The monoisotopic (exact) mass is 317 g/mol. The SMILES string of the molecule is Cc1c[nH]c2nc(Nc3ccc(S(N)(=O)=O)cc3)nc(C)c12. The summed E-state index contributed by atoms with van der Waals surface area (Å²) in [5, 5.41) is 9.12. The Morgan fingerprint density at radius 3 is 2.45 bits per heavy atom. The first kappa shape index (κ1) is 14.5. The second-order valence-corrected chi connectivity index (χ2v) is 6.58. The molecule has 2 heterocycles. The van der Waals surface area contributed by atoms with Crippen molar-refractivity contribution in [3.63, 3.8) is 0 Å². The van der Waals surface area contributed by atoms with Crippen LogP contribution in [-0.2, 0) is 10.0 Å². The van der Waals surface area contributed by atoms with Crippen molar-refractivity contribution >= 4 is 32.7 Å². The zero-order valence-corrected chi connectivity index (χ0v) is 12.9. The van der Waals surface area contributed by atoms with Crippen LogP contribution in [0.25, 0.3) is 11.0 Å². The van der Waals surface area contributed by atoms with Crippen molar-refractivity contribution in [1.29, 1.82) is 0 Å². The van der Waals surface area contributed by atoms with E-state index in [0.29, 0.717) is 11.6 Å². The summed E-state index contributed by atoms with van der Waals surface area (Å²) in [6.07, 6.45) is 1.89. The molecule has 3 aromatic rings. The first-order valence-corrected chi connectivity index (χ1v) is 8.11. The molecule has 0 radical (unpaired) electrons. The van der Waals surface area contributed by atoms with E-state index in [1.165, 1.54) is 12.1 Å². The van der Waals surface area contributed by atoms with Gasteiger partial charge in [-0.05, 0) is 43.7 Å². The number of primary sulfonamides is 1. The summed E-state index contributed by atoms with van der Waals surface area (Å²) in [5.41, 5.74) is 3.40. The zero-order chi connectivity index (χ0) is 15.9. The molecule has 0 saturated heterocycles. The molecule has 0 aliphatic heterocycles. The Labute approximate surface area is 127 Å². The molecular weight excluding hydrogens is 302 g/mol. The van der Waals surface area contributed by atoms with E-state index in [0.717, 1.165) is 22.3 Å². The number of benzene rings is 1. The van der Waals surface area contributed by atoms with Crippen LogP contribution in [0.3, 0.4) is 0 Å². The third-order valence-electron chi connectivity index (χ3n) is 3.35. The van der Waals surface area contributed by atoms with Crippen molar-refractivity contribution in [2.75, 3.05) is 5.32 Å². The molecule has 0 aliphatic rings. The number of hydrogen-bond acceptors (Lipinski definition) is 5. The molecule has 0 fully saturated rings. The second-order valence-electron chi connectivity index (χ2n) is 5.02. The molecule has 2 aromatic heterocycles. The number of nitrogens with zero attached hydrogens (tertiary/aromatic N) is 2. The van der Waals surface area contributed by atoms with Crippen LogP contribution < -0.4 is 10.5 Å². The average Bonchev–Trinajstić information content (AvgIpc) is 2.80. The molecule has 7 nitrogen and oxygen atoms in total. The highest BCUT2D eigenvalue weighted by Crippen LogP contribution is 2.22. The van der Waals surface area contributed by atoms with E-state index in [2.05, 4.69) is 20.3 Å². The molecule has 1 aromatic carbocycles. The van der Waals surface area contributed by atoms with Crippen LogP contribution in [0.5, 0.6) is 0 Å². The Kier molecular flexibility index (Phi) is 3.34. The average molecular weight is 317 g/mol. The van der Waals surface area contributed by atoms with Crippen molar-refractivity contribution in [3.05, 3.63) is 41.7 Å². The van der Waals surface area contributed by atoms with Gasteiger partial charge in [0.1, 0.15) is 5.65 Å². The van der Waals surface area contributed by atoms with Crippen LogP contribution in [-0.4, -0.2) is 23.4 Å². The smallest absolute Gasteiger partial charge is 0.238 e. The lowest BCUT2D eigenvalue weighted by molar-refractivity contribution is 0.598. The van der Waals surface area contributed by atoms with Crippen LogP contribution in [0.2, 0.25) is 0 Å². The van der Waals surface area contributed by atoms with Crippen molar-refractivity contribution in [2.45, 2.75) is 18.7 Å². The Hall–Kier alpha value is -2.45. The van der Waals surface area contributed by atoms with Crippen molar-refractivity contribution in [2.24, 2.45) is 5.14 Å². The Balaban J connectivity index is 1.93.